The molecule has 3 nitrogen and oxygen atoms in total. The van der Waals surface area contributed by atoms with Gasteiger partial charge in [-0.2, -0.15) is 0 Å². The molecule has 0 aromatic heterocycles. The van der Waals surface area contributed by atoms with Crippen molar-refractivity contribution in [2.75, 3.05) is 0 Å². The molecule has 0 amide bonds. The Labute approximate surface area is 133 Å². The summed E-state index contributed by atoms with van der Waals surface area (Å²) in [6.07, 6.45) is 8.81. The third-order valence-corrected chi connectivity index (χ3v) is 7.88. The highest BCUT2D eigenvalue weighted by Gasteiger charge is 2.60. The summed E-state index contributed by atoms with van der Waals surface area (Å²) in [5.41, 5.74) is 8.07. The standard InChI is InChI=1S/C19H29NO2/c1-18-7-5-12(21)9-11(18)10-15(20)17-13-3-4-16(22)19(13,2)8-6-14(17)18/h10,12-15,17,21H,3-9,20H2,1-2H3/t12-,13?,14?,15?,17?,18-,19-/m0/s1. The highest BCUT2D eigenvalue weighted by molar-refractivity contribution is 5.87. The SMILES string of the molecule is C[C@]12CC[C@H](O)CC1=CC(N)C1C2CC[C@]2(C)C(=O)CCC12. The Morgan fingerprint density at radius 3 is 2.59 bits per heavy atom. The van der Waals surface area contributed by atoms with E-state index < -0.39 is 0 Å². The Kier molecular flexibility index (Phi) is 3.16. The number of Topliss-reactive ketones (excluding diaryl/α,β-unsaturated/α-hetero) is 1. The molecule has 0 spiro atoms. The van der Waals surface area contributed by atoms with Crippen LogP contribution in [0.25, 0.3) is 0 Å². The first kappa shape index (κ1) is 14.9. The number of fused-ring (bicyclic) bond motifs is 5. The van der Waals surface area contributed by atoms with Gasteiger partial charge < -0.3 is 10.8 Å². The molecule has 3 fully saturated rings. The van der Waals surface area contributed by atoms with Crippen molar-refractivity contribution in [3.05, 3.63) is 11.6 Å². The summed E-state index contributed by atoms with van der Waals surface area (Å²) in [6, 6.07) is 0.0638. The second kappa shape index (κ2) is 4.67. The summed E-state index contributed by atoms with van der Waals surface area (Å²) in [7, 11) is 0. The molecule has 0 aromatic carbocycles. The first-order valence-electron chi connectivity index (χ1n) is 9.04. The number of ketones is 1. The Morgan fingerprint density at radius 2 is 1.82 bits per heavy atom. The van der Waals surface area contributed by atoms with E-state index in [1.165, 1.54) is 5.57 Å². The van der Waals surface area contributed by atoms with Crippen LogP contribution in [-0.2, 0) is 4.79 Å². The minimum absolute atomic E-state index is 0.0638. The van der Waals surface area contributed by atoms with Gasteiger partial charge in [0.25, 0.3) is 0 Å². The van der Waals surface area contributed by atoms with E-state index in [9.17, 15) is 9.90 Å². The van der Waals surface area contributed by atoms with Gasteiger partial charge in [-0.05, 0) is 61.7 Å². The van der Waals surface area contributed by atoms with Crippen LogP contribution in [0.4, 0.5) is 0 Å². The monoisotopic (exact) mass is 303 g/mol. The van der Waals surface area contributed by atoms with Gasteiger partial charge in [0, 0.05) is 17.9 Å². The molecule has 0 saturated heterocycles. The molecule has 0 aromatic rings. The van der Waals surface area contributed by atoms with Crippen LogP contribution >= 0.6 is 0 Å². The molecule has 22 heavy (non-hydrogen) atoms. The van der Waals surface area contributed by atoms with Crippen molar-refractivity contribution in [2.45, 2.75) is 70.9 Å². The maximum Gasteiger partial charge on any atom is 0.139 e. The summed E-state index contributed by atoms with van der Waals surface area (Å²) in [6.45, 7) is 4.59. The fourth-order valence-corrected chi connectivity index (χ4v) is 6.49. The fourth-order valence-electron chi connectivity index (χ4n) is 6.49. The zero-order valence-corrected chi connectivity index (χ0v) is 13.8. The topological polar surface area (TPSA) is 63.3 Å². The molecule has 7 atom stereocenters. The summed E-state index contributed by atoms with van der Waals surface area (Å²) in [5, 5.41) is 10.0. The average Bonchev–Trinajstić information content (AvgIpc) is 2.77. The average molecular weight is 303 g/mol. The van der Waals surface area contributed by atoms with Gasteiger partial charge in [0.15, 0.2) is 0 Å². The van der Waals surface area contributed by atoms with Crippen LogP contribution in [0.15, 0.2) is 11.6 Å². The van der Waals surface area contributed by atoms with Gasteiger partial charge >= 0.3 is 0 Å². The lowest BCUT2D eigenvalue weighted by Crippen LogP contribution is -2.56. The van der Waals surface area contributed by atoms with E-state index in [0.717, 1.165) is 44.9 Å². The first-order valence-corrected chi connectivity index (χ1v) is 9.04. The predicted molar refractivity (Wildman–Crippen MR) is 86.1 cm³/mol. The third kappa shape index (κ3) is 1.78. The maximum absolute atomic E-state index is 12.4. The summed E-state index contributed by atoms with van der Waals surface area (Å²) < 4.78 is 0. The van der Waals surface area contributed by atoms with Crippen LogP contribution in [0.1, 0.15) is 58.8 Å². The lowest BCUT2D eigenvalue weighted by molar-refractivity contribution is -0.132. The second-order valence-electron chi connectivity index (χ2n) is 8.79. The van der Waals surface area contributed by atoms with Crippen LogP contribution in [0.2, 0.25) is 0 Å². The molecule has 0 heterocycles. The molecule has 4 unspecified atom stereocenters. The van der Waals surface area contributed by atoms with Gasteiger partial charge in [0.05, 0.1) is 6.10 Å². The molecular formula is C19H29NO2. The number of rotatable bonds is 0. The smallest absolute Gasteiger partial charge is 0.139 e. The van der Waals surface area contributed by atoms with Crippen LogP contribution in [0, 0.1) is 28.6 Å². The second-order valence-corrected chi connectivity index (χ2v) is 8.79. The Bertz CT molecular complexity index is 542. The van der Waals surface area contributed by atoms with Gasteiger partial charge in [0.2, 0.25) is 0 Å². The van der Waals surface area contributed by atoms with Gasteiger partial charge in [-0.25, -0.2) is 0 Å². The van der Waals surface area contributed by atoms with E-state index in [2.05, 4.69) is 19.9 Å². The van der Waals surface area contributed by atoms with Crippen LogP contribution in [-0.4, -0.2) is 23.0 Å². The first-order chi connectivity index (χ1) is 10.4. The van der Waals surface area contributed by atoms with Gasteiger partial charge in [-0.3, -0.25) is 4.79 Å². The van der Waals surface area contributed by atoms with Crippen molar-refractivity contribution in [3.8, 4) is 0 Å². The van der Waals surface area contributed by atoms with Gasteiger partial charge in [-0.1, -0.05) is 25.5 Å². The summed E-state index contributed by atoms with van der Waals surface area (Å²) in [5.74, 6) is 1.99. The van der Waals surface area contributed by atoms with Crippen molar-refractivity contribution in [1.82, 2.24) is 0 Å². The normalized spacial score (nSPS) is 54.3. The van der Waals surface area contributed by atoms with Crippen LogP contribution < -0.4 is 5.73 Å². The van der Waals surface area contributed by atoms with E-state index in [4.69, 9.17) is 5.73 Å². The molecule has 4 aliphatic rings. The predicted octanol–water partition coefficient (Wildman–Crippen LogP) is 2.82. The number of hydrogen-bond acceptors (Lipinski definition) is 3. The zero-order valence-electron chi connectivity index (χ0n) is 13.8. The largest absolute Gasteiger partial charge is 0.393 e. The number of nitrogens with two attached hydrogens (primary N) is 1. The van der Waals surface area contributed by atoms with Crippen molar-refractivity contribution in [1.29, 1.82) is 0 Å². The quantitative estimate of drug-likeness (QED) is 0.676. The van der Waals surface area contributed by atoms with Crippen molar-refractivity contribution in [2.24, 2.45) is 34.3 Å². The molecule has 122 valence electrons. The minimum atomic E-state index is -0.190. The maximum atomic E-state index is 12.4. The molecule has 4 aliphatic carbocycles. The molecule has 0 aliphatic heterocycles. The lowest BCUT2D eigenvalue weighted by Gasteiger charge is -2.58. The van der Waals surface area contributed by atoms with E-state index in [1.54, 1.807) is 0 Å². The molecule has 3 N–H and O–H groups in total. The molecule has 4 rings (SSSR count). The highest BCUT2D eigenvalue weighted by atomic mass is 16.3. The van der Waals surface area contributed by atoms with Crippen molar-refractivity contribution in [3.63, 3.8) is 0 Å². The van der Waals surface area contributed by atoms with E-state index >= 15 is 0 Å². The number of carbonyl (C=O) groups excluding carboxylic acids is 1. The van der Waals surface area contributed by atoms with E-state index in [-0.39, 0.29) is 23.0 Å². The minimum Gasteiger partial charge on any atom is -0.393 e. The number of aliphatic hydroxyl groups is 1. The molecular weight excluding hydrogens is 274 g/mol. The van der Waals surface area contributed by atoms with Gasteiger partial charge in [0.1, 0.15) is 5.78 Å². The van der Waals surface area contributed by atoms with Crippen LogP contribution in [0.5, 0.6) is 0 Å². The van der Waals surface area contributed by atoms with Gasteiger partial charge in [-0.15, -0.1) is 0 Å². The molecule has 3 saturated carbocycles. The summed E-state index contributed by atoms with van der Waals surface area (Å²) in [4.78, 5) is 12.4. The van der Waals surface area contributed by atoms with Crippen molar-refractivity contribution >= 4 is 5.78 Å². The molecule has 3 heteroatoms. The van der Waals surface area contributed by atoms with E-state index in [0.29, 0.717) is 23.5 Å². The fraction of sp³-hybridized carbons (Fsp3) is 0.842. The molecule has 0 radical (unpaired) electrons. The lowest BCUT2D eigenvalue weighted by atomic mass is 9.47. The molecule has 0 bridgehead atoms. The Balaban J connectivity index is 1.75. The number of hydrogen-bond donors (Lipinski definition) is 2. The number of carbonyl (C=O) groups is 1. The van der Waals surface area contributed by atoms with Crippen LogP contribution in [0.3, 0.4) is 0 Å². The Hall–Kier alpha value is -0.670. The van der Waals surface area contributed by atoms with Crippen molar-refractivity contribution < 1.29 is 9.90 Å². The van der Waals surface area contributed by atoms with E-state index in [1.807, 2.05) is 0 Å². The summed E-state index contributed by atoms with van der Waals surface area (Å²) >= 11 is 0. The highest BCUT2D eigenvalue weighted by Crippen LogP contribution is 2.63. The number of aliphatic hydroxyl groups excluding tert-OH is 1. The zero-order chi connectivity index (χ0) is 15.7. The third-order valence-electron chi connectivity index (χ3n) is 7.88. The Morgan fingerprint density at radius 1 is 1.14 bits per heavy atom.